The van der Waals surface area contributed by atoms with E-state index in [1.165, 1.54) is 45.3 Å². The fraction of sp³-hybridized carbons (Fsp3) is 1.00. The van der Waals surface area contributed by atoms with E-state index in [0.717, 1.165) is 12.0 Å². The molecule has 0 spiro atoms. The number of nitrogens with zero attached hydrogens (tertiary/aromatic N) is 2. The zero-order valence-corrected chi connectivity index (χ0v) is 11.1. The van der Waals surface area contributed by atoms with Gasteiger partial charge in [-0.1, -0.05) is 0 Å². The van der Waals surface area contributed by atoms with Crippen LogP contribution in [0.1, 0.15) is 25.7 Å². The molecule has 16 heavy (non-hydrogen) atoms. The standard InChI is InChI=1S/C13H27N3/c1-15(2)13(9-14-12-6-7-12)11-5-4-8-16(3)10-11/h11-14H,4-10H2,1-3H3. The lowest BCUT2D eigenvalue weighted by molar-refractivity contribution is 0.120. The summed E-state index contributed by atoms with van der Waals surface area (Å²) in [6, 6.07) is 1.55. The van der Waals surface area contributed by atoms with Crippen LogP contribution in [0.4, 0.5) is 0 Å². The highest BCUT2D eigenvalue weighted by atomic mass is 15.2. The van der Waals surface area contributed by atoms with E-state index in [9.17, 15) is 0 Å². The first-order valence-corrected chi connectivity index (χ1v) is 6.75. The van der Waals surface area contributed by atoms with Gasteiger partial charge in [0.25, 0.3) is 0 Å². The molecule has 1 aliphatic heterocycles. The highest BCUT2D eigenvalue weighted by Gasteiger charge is 2.29. The maximum atomic E-state index is 3.69. The number of hydrogen-bond donors (Lipinski definition) is 1. The van der Waals surface area contributed by atoms with Gasteiger partial charge in [-0.05, 0) is 59.3 Å². The van der Waals surface area contributed by atoms with Crippen LogP contribution in [0.15, 0.2) is 0 Å². The van der Waals surface area contributed by atoms with Crippen LogP contribution in [0.5, 0.6) is 0 Å². The molecular formula is C13H27N3. The molecule has 2 aliphatic rings. The third kappa shape index (κ3) is 3.44. The number of hydrogen-bond acceptors (Lipinski definition) is 3. The molecule has 2 rings (SSSR count). The molecule has 1 N–H and O–H groups in total. The van der Waals surface area contributed by atoms with Gasteiger partial charge in [0.15, 0.2) is 0 Å². The molecule has 1 aliphatic carbocycles. The van der Waals surface area contributed by atoms with E-state index in [2.05, 4.69) is 36.3 Å². The van der Waals surface area contributed by atoms with Gasteiger partial charge in [-0.2, -0.15) is 0 Å². The van der Waals surface area contributed by atoms with Crippen molar-refractivity contribution >= 4 is 0 Å². The minimum absolute atomic E-state index is 0.711. The van der Waals surface area contributed by atoms with Crippen molar-refractivity contribution in [2.75, 3.05) is 40.8 Å². The first kappa shape index (κ1) is 12.3. The molecule has 2 atom stereocenters. The maximum Gasteiger partial charge on any atom is 0.0255 e. The van der Waals surface area contributed by atoms with E-state index >= 15 is 0 Å². The second kappa shape index (κ2) is 5.48. The first-order valence-electron chi connectivity index (χ1n) is 6.75. The molecule has 0 aromatic heterocycles. The maximum absolute atomic E-state index is 3.69. The zero-order valence-electron chi connectivity index (χ0n) is 11.1. The summed E-state index contributed by atoms with van der Waals surface area (Å²) in [6.45, 7) is 3.73. The Kier molecular flexibility index (Phi) is 4.22. The number of likely N-dealkylation sites (N-methyl/N-ethyl adjacent to an activating group) is 1. The second-order valence-corrected chi connectivity index (χ2v) is 5.88. The normalized spacial score (nSPS) is 29.6. The van der Waals surface area contributed by atoms with E-state index in [1.54, 1.807) is 0 Å². The number of piperidine rings is 1. The van der Waals surface area contributed by atoms with Crippen molar-refractivity contribution < 1.29 is 0 Å². The Labute approximate surface area is 100 Å². The summed E-state index contributed by atoms with van der Waals surface area (Å²) in [5.41, 5.74) is 0. The molecule has 1 heterocycles. The molecule has 0 aromatic carbocycles. The quantitative estimate of drug-likeness (QED) is 0.753. The summed E-state index contributed by atoms with van der Waals surface area (Å²) in [4.78, 5) is 4.90. The van der Waals surface area contributed by atoms with Crippen molar-refractivity contribution in [3.05, 3.63) is 0 Å². The summed E-state index contributed by atoms with van der Waals surface area (Å²) in [6.07, 6.45) is 5.56. The minimum atomic E-state index is 0.711. The lowest BCUT2D eigenvalue weighted by Crippen LogP contribution is -2.49. The molecule has 0 bridgehead atoms. The van der Waals surface area contributed by atoms with Gasteiger partial charge in [0.1, 0.15) is 0 Å². The summed E-state index contributed by atoms with van der Waals surface area (Å²) in [7, 11) is 6.72. The van der Waals surface area contributed by atoms with Gasteiger partial charge in [0.2, 0.25) is 0 Å². The van der Waals surface area contributed by atoms with Gasteiger partial charge in [0.05, 0.1) is 0 Å². The Morgan fingerprint density at radius 1 is 1.31 bits per heavy atom. The minimum Gasteiger partial charge on any atom is -0.312 e. The number of nitrogens with one attached hydrogen (secondary N) is 1. The Morgan fingerprint density at radius 3 is 2.62 bits per heavy atom. The highest BCUT2D eigenvalue weighted by molar-refractivity contribution is 4.87. The molecule has 0 radical (unpaired) electrons. The van der Waals surface area contributed by atoms with Crippen LogP contribution in [0.25, 0.3) is 0 Å². The predicted octanol–water partition coefficient (Wildman–Crippen LogP) is 1.01. The van der Waals surface area contributed by atoms with Crippen LogP contribution in [-0.4, -0.2) is 62.7 Å². The zero-order chi connectivity index (χ0) is 11.5. The molecule has 0 amide bonds. The first-order chi connectivity index (χ1) is 7.66. The van der Waals surface area contributed by atoms with Crippen LogP contribution in [0, 0.1) is 5.92 Å². The van der Waals surface area contributed by atoms with Gasteiger partial charge < -0.3 is 15.1 Å². The molecular weight excluding hydrogens is 198 g/mol. The van der Waals surface area contributed by atoms with Crippen molar-refractivity contribution in [2.24, 2.45) is 5.92 Å². The van der Waals surface area contributed by atoms with Gasteiger partial charge in [-0.3, -0.25) is 0 Å². The fourth-order valence-electron chi connectivity index (χ4n) is 2.87. The van der Waals surface area contributed by atoms with Crippen LogP contribution < -0.4 is 5.32 Å². The highest BCUT2D eigenvalue weighted by Crippen LogP contribution is 2.23. The van der Waals surface area contributed by atoms with Crippen LogP contribution in [0.3, 0.4) is 0 Å². The second-order valence-electron chi connectivity index (χ2n) is 5.88. The molecule has 2 fully saturated rings. The molecule has 0 aromatic rings. The van der Waals surface area contributed by atoms with E-state index in [-0.39, 0.29) is 0 Å². The largest absolute Gasteiger partial charge is 0.312 e. The lowest BCUT2D eigenvalue weighted by atomic mass is 9.90. The lowest BCUT2D eigenvalue weighted by Gasteiger charge is -2.38. The third-order valence-corrected chi connectivity index (χ3v) is 4.06. The van der Waals surface area contributed by atoms with Crippen LogP contribution in [0.2, 0.25) is 0 Å². The molecule has 3 nitrogen and oxygen atoms in total. The smallest absolute Gasteiger partial charge is 0.0255 e. The summed E-state index contributed by atoms with van der Waals surface area (Å²) < 4.78 is 0. The van der Waals surface area contributed by atoms with Gasteiger partial charge in [0, 0.05) is 25.2 Å². The Balaban J connectivity index is 1.83. The molecule has 1 saturated heterocycles. The van der Waals surface area contributed by atoms with Crippen molar-refractivity contribution in [3.63, 3.8) is 0 Å². The average molecular weight is 225 g/mol. The van der Waals surface area contributed by atoms with Gasteiger partial charge in [-0.25, -0.2) is 0 Å². The van der Waals surface area contributed by atoms with E-state index < -0.39 is 0 Å². The summed E-state index contributed by atoms with van der Waals surface area (Å²) >= 11 is 0. The average Bonchev–Trinajstić information content (AvgIpc) is 3.01. The number of likely N-dealkylation sites (tertiary alicyclic amines) is 1. The molecule has 2 unspecified atom stereocenters. The van der Waals surface area contributed by atoms with Crippen LogP contribution >= 0.6 is 0 Å². The Morgan fingerprint density at radius 2 is 2.06 bits per heavy atom. The molecule has 3 heteroatoms. The predicted molar refractivity (Wildman–Crippen MR) is 68.7 cm³/mol. The van der Waals surface area contributed by atoms with Gasteiger partial charge >= 0.3 is 0 Å². The SMILES string of the molecule is CN1CCCC(C(CNC2CC2)N(C)C)C1. The van der Waals surface area contributed by atoms with Crippen molar-refractivity contribution in [2.45, 2.75) is 37.8 Å². The number of rotatable bonds is 5. The summed E-state index contributed by atoms with van der Waals surface area (Å²) in [5, 5.41) is 3.69. The monoisotopic (exact) mass is 225 g/mol. The van der Waals surface area contributed by atoms with Crippen molar-refractivity contribution in [1.82, 2.24) is 15.1 Å². The molecule has 1 saturated carbocycles. The van der Waals surface area contributed by atoms with E-state index in [1.807, 2.05) is 0 Å². The van der Waals surface area contributed by atoms with Crippen LogP contribution in [-0.2, 0) is 0 Å². The molecule has 94 valence electrons. The summed E-state index contributed by atoms with van der Waals surface area (Å²) in [5.74, 6) is 0.847. The third-order valence-electron chi connectivity index (χ3n) is 4.06. The van der Waals surface area contributed by atoms with Gasteiger partial charge in [-0.15, -0.1) is 0 Å². The van der Waals surface area contributed by atoms with E-state index in [0.29, 0.717) is 6.04 Å². The fourth-order valence-corrected chi connectivity index (χ4v) is 2.87. The topological polar surface area (TPSA) is 18.5 Å². The van der Waals surface area contributed by atoms with Crippen molar-refractivity contribution in [1.29, 1.82) is 0 Å². The van der Waals surface area contributed by atoms with E-state index in [4.69, 9.17) is 0 Å². The van der Waals surface area contributed by atoms with Crippen molar-refractivity contribution in [3.8, 4) is 0 Å². The Bertz CT molecular complexity index is 213. The Hall–Kier alpha value is -0.120.